The molecule has 6 nitrogen and oxygen atoms in total. The first-order valence-corrected chi connectivity index (χ1v) is 12.4. The second-order valence-electron chi connectivity index (χ2n) is 11.2. The van der Waals surface area contributed by atoms with Crippen LogP contribution in [0.25, 0.3) is 33.3 Å². The summed E-state index contributed by atoms with van der Waals surface area (Å²) in [4.78, 5) is 17.4. The van der Waals surface area contributed by atoms with Gasteiger partial charge in [0.05, 0.1) is 34.3 Å². The van der Waals surface area contributed by atoms with Crippen LogP contribution < -0.4 is 4.74 Å². The van der Waals surface area contributed by atoms with Crippen LogP contribution >= 0.6 is 0 Å². The van der Waals surface area contributed by atoms with Gasteiger partial charge in [0.25, 0.3) is 0 Å². The molecule has 5 rings (SSSR count). The molecule has 0 radical (unpaired) electrons. The largest absolute Gasteiger partial charge is 0.493 e. The van der Waals surface area contributed by atoms with Crippen molar-refractivity contribution in [1.82, 2.24) is 4.98 Å². The van der Waals surface area contributed by atoms with Crippen LogP contribution in [-0.2, 0) is 4.74 Å². The third kappa shape index (κ3) is 4.46. The average Bonchev–Trinajstić information content (AvgIpc) is 3.13. The Kier molecular flexibility index (Phi) is 5.83. The zero-order valence-corrected chi connectivity index (χ0v) is 21.8. The van der Waals surface area contributed by atoms with E-state index in [1.807, 2.05) is 50.2 Å². The summed E-state index contributed by atoms with van der Waals surface area (Å²) in [5, 5.41) is 11.7. The van der Waals surface area contributed by atoms with E-state index >= 15 is 0 Å². The van der Waals surface area contributed by atoms with Crippen LogP contribution in [0.4, 0.5) is 0 Å². The SMILES string of the molecule is Cc1c(-c2cc(C(=O)O)c3c(OCC4CC(C)(C)OC(C)(C)C4)ccc(C)c3n2)oc2ccccc12. The third-order valence-corrected chi connectivity index (χ3v) is 7.02. The van der Waals surface area contributed by atoms with Crippen LogP contribution in [-0.4, -0.2) is 33.9 Å². The van der Waals surface area contributed by atoms with Gasteiger partial charge in [0.1, 0.15) is 17.0 Å². The normalized spacial score (nSPS) is 17.5. The summed E-state index contributed by atoms with van der Waals surface area (Å²) in [6, 6.07) is 13.2. The zero-order valence-electron chi connectivity index (χ0n) is 21.8. The third-order valence-electron chi connectivity index (χ3n) is 7.02. The molecule has 3 heterocycles. The summed E-state index contributed by atoms with van der Waals surface area (Å²) in [7, 11) is 0. The molecule has 0 atom stereocenters. The molecule has 4 aromatic rings. The number of ether oxygens (including phenoxy) is 2. The van der Waals surface area contributed by atoms with E-state index in [1.54, 1.807) is 6.07 Å². The number of carboxylic acids is 1. The number of fused-ring (bicyclic) bond motifs is 2. The van der Waals surface area contributed by atoms with E-state index in [1.165, 1.54) is 0 Å². The molecule has 36 heavy (non-hydrogen) atoms. The Bertz CT molecular complexity index is 1460. The van der Waals surface area contributed by atoms with E-state index in [2.05, 4.69) is 27.7 Å². The van der Waals surface area contributed by atoms with Crippen LogP contribution in [0.3, 0.4) is 0 Å². The molecule has 1 aliphatic heterocycles. The molecule has 188 valence electrons. The number of furan rings is 1. The zero-order chi connectivity index (χ0) is 25.8. The van der Waals surface area contributed by atoms with Crippen LogP contribution in [0.5, 0.6) is 5.75 Å². The predicted molar refractivity (Wildman–Crippen MR) is 141 cm³/mol. The van der Waals surface area contributed by atoms with Gasteiger partial charge < -0.3 is 19.0 Å². The molecule has 1 aliphatic rings. The van der Waals surface area contributed by atoms with Gasteiger partial charge in [-0.05, 0) is 84.1 Å². The van der Waals surface area contributed by atoms with E-state index < -0.39 is 5.97 Å². The lowest BCUT2D eigenvalue weighted by atomic mass is 9.81. The van der Waals surface area contributed by atoms with Crippen LogP contribution in [0.1, 0.15) is 62.0 Å². The number of rotatable bonds is 5. The van der Waals surface area contributed by atoms with Gasteiger partial charge in [-0.2, -0.15) is 0 Å². The lowest BCUT2D eigenvalue weighted by Gasteiger charge is -2.45. The summed E-state index contributed by atoms with van der Waals surface area (Å²) in [5.74, 6) is 0.383. The number of aromatic carboxylic acids is 1. The minimum Gasteiger partial charge on any atom is -0.493 e. The van der Waals surface area contributed by atoms with Crippen LogP contribution in [0, 0.1) is 19.8 Å². The molecule has 6 heteroatoms. The van der Waals surface area contributed by atoms with Crippen molar-refractivity contribution < 1.29 is 23.8 Å². The van der Waals surface area contributed by atoms with Gasteiger partial charge in [0, 0.05) is 10.9 Å². The second-order valence-corrected chi connectivity index (χ2v) is 11.2. The fraction of sp³-hybridized carbons (Fsp3) is 0.400. The van der Waals surface area contributed by atoms with Gasteiger partial charge in [-0.25, -0.2) is 9.78 Å². The van der Waals surface area contributed by atoms with Gasteiger partial charge in [-0.1, -0.05) is 24.3 Å². The highest BCUT2D eigenvalue weighted by Crippen LogP contribution is 2.40. The van der Waals surface area contributed by atoms with E-state index in [0.29, 0.717) is 40.6 Å². The van der Waals surface area contributed by atoms with Gasteiger partial charge in [0.2, 0.25) is 0 Å². The smallest absolute Gasteiger partial charge is 0.336 e. The number of benzene rings is 2. The van der Waals surface area contributed by atoms with Crippen molar-refractivity contribution in [2.45, 2.75) is 65.6 Å². The maximum absolute atomic E-state index is 12.5. The summed E-state index contributed by atoms with van der Waals surface area (Å²) in [6.07, 6.45) is 1.75. The topological polar surface area (TPSA) is 81.8 Å². The number of hydrogen-bond acceptors (Lipinski definition) is 5. The first kappa shape index (κ1) is 24.3. The molecule has 0 bridgehead atoms. The van der Waals surface area contributed by atoms with Crippen LogP contribution in [0.15, 0.2) is 46.9 Å². The van der Waals surface area contributed by atoms with E-state index in [0.717, 1.165) is 34.9 Å². The minimum absolute atomic E-state index is 0.154. The van der Waals surface area contributed by atoms with Crippen molar-refractivity contribution in [3.05, 3.63) is 59.2 Å². The lowest BCUT2D eigenvalue weighted by Crippen LogP contribution is -2.46. The molecular formula is C30H33NO5. The summed E-state index contributed by atoms with van der Waals surface area (Å²) in [6.45, 7) is 12.8. The first-order valence-electron chi connectivity index (χ1n) is 12.4. The Labute approximate surface area is 211 Å². The molecule has 0 amide bonds. The minimum atomic E-state index is -1.03. The lowest BCUT2D eigenvalue weighted by molar-refractivity contribution is -0.175. The maximum atomic E-state index is 12.5. The molecule has 2 aromatic heterocycles. The van der Waals surface area contributed by atoms with Crippen molar-refractivity contribution in [2.24, 2.45) is 5.92 Å². The Morgan fingerprint density at radius 1 is 1.08 bits per heavy atom. The quantitative estimate of drug-likeness (QED) is 0.317. The number of nitrogens with zero attached hydrogens (tertiary/aromatic N) is 1. The van der Waals surface area contributed by atoms with Crippen LogP contribution in [0.2, 0.25) is 0 Å². The molecule has 0 saturated carbocycles. The number of pyridine rings is 1. The van der Waals surface area contributed by atoms with Gasteiger partial charge in [0.15, 0.2) is 5.76 Å². The van der Waals surface area contributed by atoms with Crippen molar-refractivity contribution >= 4 is 27.8 Å². The van der Waals surface area contributed by atoms with E-state index in [4.69, 9.17) is 18.9 Å². The molecule has 1 saturated heterocycles. The Morgan fingerprint density at radius 2 is 1.78 bits per heavy atom. The average molecular weight is 488 g/mol. The Morgan fingerprint density at radius 3 is 2.44 bits per heavy atom. The number of carbonyl (C=O) groups is 1. The molecule has 1 N–H and O–H groups in total. The number of para-hydroxylation sites is 1. The fourth-order valence-corrected chi connectivity index (χ4v) is 5.89. The summed E-state index contributed by atoms with van der Waals surface area (Å²) >= 11 is 0. The van der Waals surface area contributed by atoms with Crippen molar-refractivity contribution in [3.8, 4) is 17.2 Å². The van der Waals surface area contributed by atoms with E-state index in [-0.39, 0.29) is 16.8 Å². The predicted octanol–water partition coefficient (Wildman–Crippen LogP) is 7.33. The Hall–Kier alpha value is -3.38. The highest BCUT2D eigenvalue weighted by Gasteiger charge is 2.39. The highest BCUT2D eigenvalue weighted by atomic mass is 16.5. The van der Waals surface area contributed by atoms with E-state index in [9.17, 15) is 9.90 Å². The molecule has 0 unspecified atom stereocenters. The number of hydrogen-bond donors (Lipinski definition) is 1. The fourth-order valence-electron chi connectivity index (χ4n) is 5.89. The second kappa shape index (κ2) is 8.63. The van der Waals surface area contributed by atoms with Crippen molar-refractivity contribution in [3.63, 3.8) is 0 Å². The van der Waals surface area contributed by atoms with Gasteiger partial charge in [-0.3, -0.25) is 0 Å². The van der Waals surface area contributed by atoms with Gasteiger partial charge in [-0.15, -0.1) is 0 Å². The molecule has 0 aliphatic carbocycles. The highest BCUT2D eigenvalue weighted by molar-refractivity contribution is 6.07. The van der Waals surface area contributed by atoms with Crippen molar-refractivity contribution in [2.75, 3.05) is 6.61 Å². The Balaban J connectivity index is 1.57. The monoisotopic (exact) mass is 487 g/mol. The van der Waals surface area contributed by atoms with Gasteiger partial charge >= 0.3 is 5.97 Å². The molecule has 0 spiro atoms. The summed E-state index contributed by atoms with van der Waals surface area (Å²) < 4.78 is 18.6. The number of aromatic nitrogens is 1. The number of carboxylic acid groups (broad SMARTS) is 1. The number of aryl methyl sites for hydroxylation is 2. The summed E-state index contributed by atoms with van der Waals surface area (Å²) in [5.41, 5.74) is 3.35. The molecule has 2 aromatic carbocycles. The maximum Gasteiger partial charge on any atom is 0.336 e. The first-order chi connectivity index (χ1) is 16.9. The molecule has 1 fully saturated rings. The molecular weight excluding hydrogens is 454 g/mol. The standard InChI is InChI=1S/C30H33NO5/c1-17-11-12-24(34-16-19-14-29(3,4)36-30(5,6)15-19)25-21(28(32)33)13-22(31-26(17)25)27-18(2)20-9-7-8-10-23(20)35-27/h7-13,19H,14-16H2,1-6H3,(H,32,33). The van der Waals surface area contributed by atoms with Crippen molar-refractivity contribution in [1.29, 1.82) is 0 Å².